The third kappa shape index (κ3) is 6.22. The van der Waals surface area contributed by atoms with Crippen molar-refractivity contribution < 1.29 is 23.5 Å². The van der Waals surface area contributed by atoms with Gasteiger partial charge in [-0.2, -0.15) is 0 Å². The summed E-state index contributed by atoms with van der Waals surface area (Å²) in [6.07, 6.45) is 0.700. The summed E-state index contributed by atoms with van der Waals surface area (Å²) in [6.45, 7) is 0.486. The summed E-state index contributed by atoms with van der Waals surface area (Å²) in [4.78, 5) is 23.4. The third-order valence-corrected chi connectivity index (χ3v) is 5.87. The summed E-state index contributed by atoms with van der Waals surface area (Å²) in [7, 11) is 2.92. The Bertz CT molecular complexity index is 987. The van der Waals surface area contributed by atoms with Gasteiger partial charge in [0.15, 0.2) is 4.34 Å². The summed E-state index contributed by atoms with van der Waals surface area (Å²) in [6, 6.07) is 10.6. The lowest BCUT2D eigenvalue weighted by atomic mass is 10.1. The van der Waals surface area contributed by atoms with Crippen molar-refractivity contribution in [3.05, 3.63) is 53.5 Å². The Morgan fingerprint density at radius 2 is 1.93 bits per heavy atom. The van der Waals surface area contributed by atoms with E-state index in [1.165, 1.54) is 30.2 Å². The van der Waals surface area contributed by atoms with E-state index in [1.807, 2.05) is 24.3 Å². The first kappa shape index (κ1) is 21.7. The summed E-state index contributed by atoms with van der Waals surface area (Å²) in [5.74, 6) is 1.51. The molecular formula is C19H20N4O5S2. The van der Waals surface area contributed by atoms with Crippen molar-refractivity contribution in [3.8, 4) is 5.75 Å². The molecule has 0 aliphatic carbocycles. The van der Waals surface area contributed by atoms with Crippen molar-refractivity contribution in [2.75, 3.05) is 26.1 Å². The van der Waals surface area contributed by atoms with Gasteiger partial charge in [0.1, 0.15) is 11.5 Å². The van der Waals surface area contributed by atoms with Crippen molar-refractivity contribution in [1.29, 1.82) is 0 Å². The zero-order chi connectivity index (χ0) is 21.3. The van der Waals surface area contributed by atoms with Crippen molar-refractivity contribution >= 4 is 40.2 Å². The van der Waals surface area contributed by atoms with E-state index in [-0.39, 0.29) is 11.8 Å². The molecule has 158 valence electrons. The number of nitrogens with one attached hydrogen (secondary N) is 2. The van der Waals surface area contributed by atoms with Crippen molar-refractivity contribution in [2.24, 2.45) is 0 Å². The molecule has 0 bridgehead atoms. The van der Waals surface area contributed by atoms with E-state index in [0.29, 0.717) is 33.9 Å². The molecule has 3 rings (SSSR count). The lowest BCUT2D eigenvalue weighted by Gasteiger charge is -2.06. The maximum atomic E-state index is 12.0. The average molecular weight is 449 g/mol. The molecule has 0 saturated heterocycles. The van der Waals surface area contributed by atoms with Crippen LogP contribution in [0.2, 0.25) is 0 Å². The molecule has 9 nitrogen and oxygen atoms in total. The number of methoxy groups -OCH3 is 2. The summed E-state index contributed by atoms with van der Waals surface area (Å²) in [5.41, 5.74) is 1.10. The van der Waals surface area contributed by atoms with E-state index >= 15 is 0 Å². The van der Waals surface area contributed by atoms with Gasteiger partial charge in [-0.1, -0.05) is 35.2 Å². The van der Waals surface area contributed by atoms with Gasteiger partial charge in [0.25, 0.3) is 0 Å². The Labute approximate surface area is 181 Å². The molecular weight excluding hydrogens is 428 g/mol. The van der Waals surface area contributed by atoms with Gasteiger partial charge in [0, 0.05) is 6.54 Å². The maximum Gasteiger partial charge on any atom is 0.373 e. The zero-order valence-electron chi connectivity index (χ0n) is 16.3. The van der Waals surface area contributed by atoms with Crippen LogP contribution in [0, 0.1) is 0 Å². The minimum atomic E-state index is -0.522. The Morgan fingerprint density at radius 3 is 2.67 bits per heavy atom. The largest absolute Gasteiger partial charge is 0.497 e. The van der Waals surface area contributed by atoms with Gasteiger partial charge in [0.05, 0.1) is 20.0 Å². The molecule has 2 aromatic heterocycles. The molecule has 2 N–H and O–H groups in total. The van der Waals surface area contributed by atoms with Crippen LogP contribution >= 0.6 is 23.1 Å². The van der Waals surface area contributed by atoms with E-state index in [1.54, 1.807) is 19.2 Å². The lowest BCUT2D eigenvalue weighted by molar-refractivity contribution is 0.0563. The first-order valence-electron chi connectivity index (χ1n) is 8.88. The molecule has 1 aromatic carbocycles. The highest BCUT2D eigenvalue weighted by molar-refractivity contribution is 8.00. The number of amides is 2. The van der Waals surface area contributed by atoms with Gasteiger partial charge in [-0.3, -0.25) is 5.32 Å². The van der Waals surface area contributed by atoms with Crippen LogP contribution in [0.25, 0.3) is 0 Å². The summed E-state index contributed by atoms with van der Waals surface area (Å²) in [5, 5.41) is 13.8. The number of ether oxygens (including phenoxy) is 2. The Kier molecular flexibility index (Phi) is 7.69. The van der Waals surface area contributed by atoms with Crippen LogP contribution in [0.5, 0.6) is 5.75 Å². The van der Waals surface area contributed by atoms with Crippen LogP contribution in [-0.4, -0.2) is 43.0 Å². The number of aromatic nitrogens is 2. The highest BCUT2D eigenvalue weighted by Gasteiger charge is 2.13. The van der Waals surface area contributed by atoms with Gasteiger partial charge in [-0.05, 0) is 36.2 Å². The number of carbonyl (C=O) groups excluding carboxylic acids is 2. The smallest absolute Gasteiger partial charge is 0.373 e. The SMILES string of the molecule is COC(=O)c1ccc(CSc2nnc(NC(=O)NCCc3ccc(OC)cc3)s2)o1. The monoisotopic (exact) mass is 448 g/mol. The second kappa shape index (κ2) is 10.6. The van der Waals surface area contributed by atoms with E-state index in [4.69, 9.17) is 9.15 Å². The number of carbonyl (C=O) groups is 2. The number of furan rings is 1. The van der Waals surface area contributed by atoms with Crippen LogP contribution in [0.3, 0.4) is 0 Å². The normalized spacial score (nSPS) is 10.5. The Hall–Kier alpha value is -3.05. The molecule has 0 aliphatic heterocycles. The van der Waals surface area contributed by atoms with Crippen LogP contribution in [0.15, 0.2) is 45.2 Å². The predicted molar refractivity (Wildman–Crippen MR) is 113 cm³/mol. The number of benzene rings is 1. The van der Waals surface area contributed by atoms with Crippen LogP contribution in [0.4, 0.5) is 9.93 Å². The molecule has 0 saturated carbocycles. The fraction of sp³-hybridized carbons (Fsp3) is 0.263. The number of esters is 1. The van der Waals surface area contributed by atoms with Gasteiger partial charge in [-0.15, -0.1) is 10.2 Å². The molecule has 0 fully saturated rings. The fourth-order valence-electron chi connectivity index (χ4n) is 2.37. The van der Waals surface area contributed by atoms with Gasteiger partial charge in [0.2, 0.25) is 10.9 Å². The van der Waals surface area contributed by atoms with Gasteiger partial charge >= 0.3 is 12.0 Å². The first-order chi connectivity index (χ1) is 14.6. The number of nitrogens with zero attached hydrogens (tertiary/aromatic N) is 2. The highest BCUT2D eigenvalue weighted by Crippen LogP contribution is 2.28. The van der Waals surface area contributed by atoms with Crippen molar-refractivity contribution in [1.82, 2.24) is 15.5 Å². The van der Waals surface area contributed by atoms with E-state index in [9.17, 15) is 9.59 Å². The minimum absolute atomic E-state index is 0.152. The van der Waals surface area contributed by atoms with E-state index in [0.717, 1.165) is 11.3 Å². The maximum absolute atomic E-state index is 12.0. The third-order valence-electron chi connectivity index (χ3n) is 3.87. The van der Waals surface area contributed by atoms with Gasteiger partial charge < -0.3 is 19.2 Å². The lowest BCUT2D eigenvalue weighted by Crippen LogP contribution is -2.30. The predicted octanol–water partition coefficient (Wildman–Crippen LogP) is 3.58. The molecule has 11 heteroatoms. The fourth-order valence-corrected chi connectivity index (χ4v) is 4.01. The number of hydrogen-bond donors (Lipinski definition) is 2. The minimum Gasteiger partial charge on any atom is -0.497 e. The van der Waals surface area contributed by atoms with Crippen LogP contribution in [0.1, 0.15) is 21.9 Å². The van der Waals surface area contributed by atoms with Gasteiger partial charge in [-0.25, -0.2) is 9.59 Å². The molecule has 0 radical (unpaired) electrons. The Balaban J connectivity index is 1.40. The topological polar surface area (TPSA) is 116 Å². The number of rotatable bonds is 9. The molecule has 0 unspecified atom stereocenters. The molecule has 0 atom stereocenters. The van der Waals surface area contributed by atoms with Crippen molar-refractivity contribution in [3.63, 3.8) is 0 Å². The number of thioether (sulfide) groups is 1. The van der Waals surface area contributed by atoms with Crippen LogP contribution in [-0.2, 0) is 16.9 Å². The van der Waals surface area contributed by atoms with E-state index in [2.05, 4.69) is 25.6 Å². The molecule has 3 aromatic rings. The van der Waals surface area contributed by atoms with Crippen LogP contribution < -0.4 is 15.4 Å². The molecule has 30 heavy (non-hydrogen) atoms. The number of urea groups is 1. The Morgan fingerprint density at radius 1 is 1.13 bits per heavy atom. The molecule has 0 aliphatic rings. The second-order valence-corrected chi connectivity index (χ2v) is 8.10. The zero-order valence-corrected chi connectivity index (χ0v) is 18.0. The molecule has 2 amide bonds. The highest BCUT2D eigenvalue weighted by atomic mass is 32.2. The standard InChI is InChI=1S/C19H20N4O5S2/c1-26-13-5-3-12(4-6-13)9-10-20-17(25)21-18-22-23-19(30-18)29-11-14-7-8-15(28-14)16(24)27-2/h3-8H,9-11H2,1-2H3,(H2,20,21,22,25). The first-order valence-corrected chi connectivity index (χ1v) is 10.7. The molecule has 0 spiro atoms. The quantitative estimate of drug-likeness (QED) is 0.290. The molecule has 2 heterocycles. The van der Waals surface area contributed by atoms with Crippen molar-refractivity contribution in [2.45, 2.75) is 16.5 Å². The summed E-state index contributed by atoms with van der Waals surface area (Å²) >= 11 is 2.64. The second-order valence-electron chi connectivity index (χ2n) is 5.90. The van der Waals surface area contributed by atoms with E-state index < -0.39 is 5.97 Å². The number of hydrogen-bond acceptors (Lipinski definition) is 9. The number of anilines is 1. The summed E-state index contributed by atoms with van der Waals surface area (Å²) < 4.78 is 15.8. The average Bonchev–Trinajstić information content (AvgIpc) is 3.41.